The Balaban J connectivity index is 0. The number of terminal acetylenes is 1. The third-order valence-electron chi connectivity index (χ3n) is 0.360. The number of carboxylic acid groups (broad SMARTS) is 1. The van der Waals surface area contributed by atoms with Gasteiger partial charge in [0.2, 0.25) is 0 Å². The summed E-state index contributed by atoms with van der Waals surface area (Å²) in [6.45, 7) is 0.347. The van der Waals surface area contributed by atoms with Gasteiger partial charge in [0.1, 0.15) is 0 Å². The number of alkyl halides is 3. The maximum Gasteiger partial charge on any atom is 0.490 e. The summed E-state index contributed by atoms with van der Waals surface area (Å²) >= 11 is 0. The Morgan fingerprint density at radius 2 is 1.82 bits per heavy atom. The maximum atomic E-state index is 10.6. The molecule has 0 bridgehead atoms. The molecule has 0 atom stereocenters. The highest BCUT2D eigenvalue weighted by molar-refractivity contribution is 5.73. The first-order valence-electron chi connectivity index (χ1n) is 2.30. The molecular formula is C5H6F3NO2. The molecule has 0 aromatic heterocycles. The van der Waals surface area contributed by atoms with Gasteiger partial charge in [0.15, 0.2) is 0 Å². The number of carboxylic acids is 1. The lowest BCUT2D eigenvalue weighted by atomic mass is 10.7. The number of aliphatic carboxylic acids is 1. The number of nitrogens with two attached hydrogens (primary N) is 1. The highest BCUT2D eigenvalue weighted by Crippen LogP contribution is 2.13. The van der Waals surface area contributed by atoms with Crippen molar-refractivity contribution in [1.29, 1.82) is 0 Å². The van der Waals surface area contributed by atoms with Crippen molar-refractivity contribution in [1.82, 2.24) is 0 Å². The highest BCUT2D eigenvalue weighted by atomic mass is 19.4. The summed E-state index contributed by atoms with van der Waals surface area (Å²) in [5.74, 6) is -0.549. The lowest BCUT2D eigenvalue weighted by Crippen LogP contribution is -2.21. The van der Waals surface area contributed by atoms with Gasteiger partial charge in [-0.25, -0.2) is 4.79 Å². The topological polar surface area (TPSA) is 63.3 Å². The molecule has 64 valence electrons. The van der Waals surface area contributed by atoms with Gasteiger partial charge in [-0.3, -0.25) is 0 Å². The Morgan fingerprint density at radius 1 is 1.64 bits per heavy atom. The maximum absolute atomic E-state index is 10.6. The van der Waals surface area contributed by atoms with E-state index in [9.17, 15) is 13.2 Å². The van der Waals surface area contributed by atoms with Gasteiger partial charge in [-0.05, 0) is 0 Å². The van der Waals surface area contributed by atoms with Crippen LogP contribution >= 0.6 is 0 Å². The molecule has 6 heteroatoms. The standard InChI is InChI=1S/C3H5N.C2HF3O2/c1-2-3-4;3-2(4,5)1(6)7/h1H,3-4H2;(H,6,7). The van der Waals surface area contributed by atoms with E-state index in [4.69, 9.17) is 15.6 Å². The molecule has 0 aromatic carbocycles. The fraction of sp³-hybridized carbons (Fsp3) is 0.400. The number of hydrogen-bond donors (Lipinski definition) is 2. The number of carbonyl (C=O) groups is 1. The Kier molecular flexibility index (Phi) is 6.29. The Hall–Kier alpha value is -1.22. The van der Waals surface area contributed by atoms with E-state index in [2.05, 4.69) is 12.3 Å². The monoisotopic (exact) mass is 169 g/mol. The normalized spacial score (nSPS) is 9.00. The first kappa shape index (κ1) is 12.5. The van der Waals surface area contributed by atoms with Gasteiger partial charge in [0, 0.05) is 0 Å². The first-order chi connectivity index (χ1) is 4.86. The third-order valence-corrected chi connectivity index (χ3v) is 0.360. The third kappa shape index (κ3) is 12.1. The quantitative estimate of drug-likeness (QED) is 0.509. The van der Waals surface area contributed by atoms with Crippen molar-refractivity contribution in [2.45, 2.75) is 6.18 Å². The molecule has 0 aliphatic rings. The lowest BCUT2D eigenvalue weighted by molar-refractivity contribution is -0.192. The smallest absolute Gasteiger partial charge is 0.475 e. The zero-order valence-electron chi connectivity index (χ0n) is 5.35. The van der Waals surface area contributed by atoms with Crippen LogP contribution in [0, 0.1) is 12.3 Å². The summed E-state index contributed by atoms with van der Waals surface area (Å²) < 4.78 is 31.7. The van der Waals surface area contributed by atoms with E-state index >= 15 is 0 Å². The van der Waals surface area contributed by atoms with Crippen LogP contribution in [-0.2, 0) is 4.79 Å². The van der Waals surface area contributed by atoms with E-state index in [1.165, 1.54) is 0 Å². The van der Waals surface area contributed by atoms with Crippen molar-refractivity contribution in [3.8, 4) is 12.3 Å². The Morgan fingerprint density at radius 3 is 1.82 bits per heavy atom. The minimum absolute atomic E-state index is 0.347. The average molecular weight is 169 g/mol. The van der Waals surface area contributed by atoms with Gasteiger partial charge in [-0.2, -0.15) is 13.2 Å². The first-order valence-corrected chi connectivity index (χ1v) is 2.30. The van der Waals surface area contributed by atoms with Gasteiger partial charge in [-0.1, -0.05) is 5.92 Å². The summed E-state index contributed by atoms with van der Waals surface area (Å²) in [5.41, 5.74) is 4.79. The molecular weight excluding hydrogens is 163 g/mol. The van der Waals surface area contributed by atoms with Gasteiger partial charge in [0.25, 0.3) is 0 Å². The summed E-state index contributed by atoms with van der Waals surface area (Å²) in [5, 5.41) is 7.12. The van der Waals surface area contributed by atoms with E-state index in [0.717, 1.165) is 0 Å². The molecule has 0 aromatic rings. The molecule has 0 rings (SSSR count). The van der Waals surface area contributed by atoms with Gasteiger partial charge < -0.3 is 10.8 Å². The van der Waals surface area contributed by atoms with Gasteiger partial charge >= 0.3 is 12.1 Å². The van der Waals surface area contributed by atoms with E-state index in [1.807, 2.05) is 0 Å². The SMILES string of the molecule is C#CCN.O=C(O)C(F)(F)F. The predicted octanol–water partition coefficient (Wildman–Crippen LogP) is 0.212. The Bertz CT molecular complexity index is 158. The largest absolute Gasteiger partial charge is 0.490 e. The molecule has 0 aliphatic carbocycles. The zero-order valence-corrected chi connectivity index (χ0v) is 5.35. The molecule has 0 aliphatic heterocycles. The van der Waals surface area contributed by atoms with Crippen LogP contribution in [0.4, 0.5) is 13.2 Å². The summed E-state index contributed by atoms with van der Waals surface area (Å²) in [6, 6.07) is 0. The van der Waals surface area contributed by atoms with Crippen molar-refractivity contribution >= 4 is 5.97 Å². The highest BCUT2D eigenvalue weighted by Gasteiger charge is 2.38. The Labute approximate surface area is 61.0 Å². The van der Waals surface area contributed by atoms with Crippen molar-refractivity contribution in [3.05, 3.63) is 0 Å². The number of halogens is 3. The van der Waals surface area contributed by atoms with Crippen LogP contribution in [0.5, 0.6) is 0 Å². The molecule has 0 fully saturated rings. The molecule has 0 unspecified atom stereocenters. The van der Waals surface area contributed by atoms with Gasteiger partial charge in [0.05, 0.1) is 6.54 Å². The van der Waals surface area contributed by atoms with Crippen LogP contribution in [-0.4, -0.2) is 23.8 Å². The molecule has 0 radical (unpaired) electrons. The van der Waals surface area contributed by atoms with Crippen molar-refractivity contribution in [3.63, 3.8) is 0 Å². The summed E-state index contributed by atoms with van der Waals surface area (Å²) in [6.07, 6.45) is -0.431. The van der Waals surface area contributed by atoms with Crippen LogP contribution in [0.15, 0.2) is 0 Å². The molecule has 0 heterocycles. The van der Waals surface area contributed by atoms with Gasteiger partial charge in [-0.15, -0.1) is 6.42 Å². The van der Waals surface area contributed by atoms with Crippen molar-refractivity contribution in [2.75, 3.05) is 6.54 Å². The number of rotatable bonds is 0. The second-order valence-electron chi connectivity index (χ2n) is 1.21. The molecule has 11 heavy (non-hydrogen) atoms. The van der Waals surface area contributed by atoms with Crippen LogP contribution < -0.4 is 5.73 Å². The predicted molar refractivity (Wildman–Crippen MR) is 31.6 cm³/mol. The second-order valence-corrected chi connectivity index (χ2v) is 1.21. The van der Waals surface area contributed by atoms with Crippen LogP contribution in [0.3, 0.4) is 0 Å². The summed E-state index contributed by atoms with van der Waals surface area (Å²) in [7, 11) is 0. The minimum Gasteiger partial charge on any atom is -0.475 e. The molecule has 0 spiro atoms. The van der Waals surface area contributed by atoms with E-state index < -0.39 is 12.1 Å². The fourth-order valence-corrected chi connectivity index (χ4v) is 0. The molecule has 0 saturated carbocycles. The van der Waals surface area contributed by atoms with E-state index in [1.54, 1.807) is 0 Å². The molecule has 0 amide bonds. The number of hydrogen-bond acceptors (Lipinski definition) is 2. The average Bonchev–Trinajstić information content (AvgIpc) is 1.87. The zero-order chi connectivity index (χ0) is 9.49. The van der Waals surface area contributed by atoms with E-state index in [0.29, 0.717) is 6.54 Å². The fourth-order valence-electron chi connectivity index (χ4n) is 0. The van der Waals surface area contributed by atoms with Crippen LogP contribution in [0.25, 0.3) is 0 Å². The molecule has 3 N–H and O–H groups in total. The summed E-state index contributed by atoms with van der Waals surface area (Å²) in [4.78, 5) is 8.90. The van der Waals surface area contributed by atoms with E-state index in [-0.39, 0.29) is 0 Å². The minimum atomic E-state index is -5.08. The molecule has 0 saturated heterocycles. The van der Waals surface area contributed by atoms with Crippen molar-refractivity contribution < 1.29 is 23.1 Å². The lowest BCUT2D eigenvalue weighted by Gasteiger charge is -1.93. The van der Waals surface area contributed by atoms with Crippen molar-refractivity contribution in [2.24, 2.45) is 5.73 Å². The molecule has 3 nitrogen and oxygen atoms in total. The van der Waals surface area contributed by atoms with Crippen LogP contribution in [0.2, 0.25) is 0 Å². The second kappa shape index (κ2) is 5.56. The van der Waals surface area contributed by atoms with Crippen LogP contribution in [0.1, 0.15) is 0 Å².